The van der Waals surface area contributed by atoms with Crippen molar-refractivity contribution in [3.63, 3.8) is 0 Å². The number of para-hydroxylation sites is 2. The maximum Gasteiger partial charge on any atom is 0.329 e. The van der Waals surface area contributed by atoms with Crippen LogP contribution in [0.5, 0.6) is 5.75 Å². The minimum Gasteiger partial charge on any atom is -0.495 e. The van der Waals surface area contributed by atoms with Crippen LogP contribution in [0.4, 0.5) is 5.69 Å². The number of carbonyl (C=O) groups excluding carboxylic acids is 2. The summed E-state index contributed by atoms with van der Waals surface area (Å²) in [5, 5.41) is 6.69. The van der Waals surface area contributed by atoms with E-state index in [2.05, 4.69) is 10.4 Å². The minimum atomic E-state index is -1.02. The number of anilines is 1. The Morgan fingerprint density at radius 2 is 1.96 bits per heavy atom. The van der Waals surface area contributed by atoms with Crippen molar-refractivity contribution < 1.29 is 18.7 Å². The highest BCUT2D eigenvalue weighted by Crippen LogP contribution is 2.22. The first kappa shape index (κ1) is 19.1. The van der Waals surface area contributed by atoms with E-state index in [4.69, 9.17) is 20.8 Å². The van der Waals surface area contributed by atoms with Crippen LogP contribution in [0.15, 0.2) is 63.0 Å². The van der Waals surface area contributed by atoms with E-state index in [-0.39, 0.29) is 16.4 Å². The van der Waals surface area contributed by atoms with Gasteiger partial charge in [0.15, 0.2) is 0 Å². The Morgan fingerprint density at radius 3 is 2.75 bits per heavy atom. The lowest BCUT2D eigenvalue weighted by Crippen LogP contribution is -2.32. The molecule has 2 aromatic carbocycles. The van der Waals surface area contributed by atoms with E-state index in [0.29, 0.717) is 22.0 Å². The Hall–Kier alpha value is -3.65. The van der Waals surface area contributed by atoms with Gasteiger partial charge < -0.3 is 14.5 Å². The maximum absolute atomic E-state index is 12.4. The molecular formula is C19H14ClN3O5. The second-order valence-corrected chi connectivity index (χ2v) is 5.95. The molecule has 0 bridgehead atoms. The minimum absolute atomic E-state index is 0.0835. The molecule has 8 nitrogen and oxygen atoms in total. The van der Waals surface area contributed by atoms with Gasteiger partial charge in [0.25, 0.3) is 0 Å². The smallest absolute Gasteiger partial charge is 0.329 e. The number of carbonyl (C=O) groups is 2. The molecule has 0 radical (unpaired) electrons. The Kier molecular flexibility index (Phi) is 5.71. The molecule has 0 spiro atoms. The first-order valence-electron chi connectivity index (χ1n) is 7.98. The van der Waals surface area contributed by atoms with Crippen molar-refractivity contribution in [3.8, 4) is 5.75 Å². The molecule has 1 heterocycles. The summed E-state index contributed by atoms with van der Waals surface area (Å²) in [6, 6.07) is 11.3. The fraction of sp³-hybridized carbons (Fsp3) is 0.0526. The van der Waals surface area contributed by atoms with Crippen LogP contribution in [0.25, 0.3) is 11.0 Å². The van der Waals surface area contributed by atoms with Crippen LogP contribution in [-0.4, -0.2) is 25.1 Å². The summed E-state index contributed by atoms with van der Waals surface area (Å²) in [5.74, 6) is -1.56. The number of benzene rings is 2. The SMILES string of the molecule is COc1ccccc1NC(=O)C(=O)NN=Cc1coc2ccc(Cl)cc2c1=O. The molecule has 28 heavy (non-hydrogen) atoms. The number of amides is 2. The Balaban J connectivity index is 1.69. The molecule has 1 aromatic heterocycles. The van der Waals surface area contributed by atoms with E-state index in [9.17, 15) is 14.4 Å². The molecule has 0 atom stereocenters. The molecule has 0 unspecified atom stereocenters. The summed E-state index contributed by atoms with van der Waals surface area (Å²) in [5.41, 5.74) is 2.46. The van der Waals surface area contributed by atoms with E-state index in [1.807, 2.05) is 5.43 Å². The number of hydrogen-bond acceptors (Lipinski definition) is 6. The lowest BCUT2D eigenvalue weighted by atomic mass is 10.2. The standard InChI is InChI=1S/C19H14ClN3O5/c1-27-16-5-3-2-4-14(16)22-18(25)19(26)23-21-9-11-10-28-15-7-6-12(20)8-13(15)17(11)24/h2-10H,1H3,(H,22,25)(H,23,26). The van der Waals surface area contributed by atoms with Gasteiger partial charge in [-0.15, -0.1) is 0 Å². The maximum atomic E-state index is 12.4. The molecule has 0 saturated heterocycles. The van der Waals surface area contributed by atoms with Crippen LogP contribution < -0.4 is 20.9 Å². The second-order valence-electron chi connectivity index (χ2n) is 5.51. The van der Waals surface area contributed by atoms with Gasteiger partial charge in [-0.05, 0) is 30.3 Å². The van der Waals surface area contributed by atoms with Gasteiger partial charge in [0.1, 0.15) is 17.6 Å². The largest absolute Gasteiger partial charge is 0.495 e. The van der Waals surface area contributed by atoms with Crippen LogP contribution in [-0.2, 0) is 9.59 Å². The molecule has 3 aromatic rings. The van der Waals surface area contributed by atoms with Gasteiger partial charge in [-0.1, -0.05) is 23.7 Å². The summed E-state index contributed by atoms with van der Waals surface area (Å²) in [7, 11) is 1.44. The van der Waals surface area contributed by atoms with Gasteiger partial charge in [-0.25, -0.2) is 5.43 Å². The third-order valence-electron chi connectivity index (χ3n) is 3.69. The molecule has 0 aliphatic carbocycles. The fourth-order valence-corrected chi connectivity index (χ4v) is 2.52. The first-order valence-corrected chi connectivity index (χ1v) is 8.36. The number of methoxy groups -OCH3 is 1. The van der Waals surface area contributed by atoms with Crippen LogP contribution in [0.3, 0.4) is 0 Å². The van der Waals surface area contributed by atoms with E-state index in [1.54, 1.807) is 36.4 Å². The zero-order valence-corrected chi connectivity index (χ0v) is 15.3. The van der Waals surface area contributed by atoms with Gasteiger partial charge >= 0.3 is 11.8 Å². The third-order valence-corrected chi connectivity index (χ3v) is 3.93. The molecule has 0 saturated carbocycles. The summed E-state index contributed by atoms with van der Waals surface area (Å²) in [6.45, 7) is 0. The monoisotopic (exact) mass is 399 g/mol. The molecular weight excluding hydrogens is 386 g/mol. The Morgan fingerprint density at radius 1 is 1.18 bits per heavy atom. The summed E-state index contributed by atoms with van der Waals surface area (Å²) in [6.07, 6.45) is 2.28. The lowest BCUT2D eigenvalue weighted by molar-refractivity contribution is -0.136. The average Bonchev–Trinajstić information content (AvgIpc) is 2.70. The predicted octanol–water partition coefficient (Wildman–Crippen LogP) is 2.54. The van der Waals surface area contributed by atoms with E-state index < -0.39 is 11.8 Å². The van der Waals surface area contributed by atoms with Crippen molar-refractivity contribution in [3.05, 3.63) is 69.5 Å². The predicted molar refractivity (Wildman–Crippen MR) is 105 cm³/mol. The number of ether oxygens (including phenoxy) is 1. The van der Waals surface area contributed by atoms with Crippen LogP contribution in [0.2, 0.25) is 5.02 Å². The summed E-state index contributed by atoms with van der Waals surface area (Å²) in [4.78, 5) is 36.2. The van der Waals surface area contributed by atoms with E-state index in [0.717, 1.165) is 6.21 Å². The summed E-state index contributed by atoms with van der Waals surface area (Å²) >= 11 is 5.89. The average molecular weight is 400 g/mol. The van der Waals surface area contributed by atoms with Crippen LogP contribution in [0.1, 0.15) is 5.56 Å². The normalized spacial score (nSPS) is 10.8. The van der Waals surface area contributed by atoms with E-state index in [1.165, 1.54) is 19.4 Å². The van der Waals surface area contributed by atoms with Crippen molar-refractivity contribution in [2.45, 2.75) is 0 Å². The van der Waals surface area contributed by atoms with Crippen molar-refractivity contribution in [1.82, 2.24) is 5.43 Å². The zero-order chi connectivity index (χ0) is 20.1. The number of hydrazone groups is 1. The number of nitrogens with zero attached hydrogens (tertiary/aromatic N) is 1. The summed E-state index contributed by atoms with van der Waals surface area (Å²) < 4.78 is 10.4. The number of hydrogen-bond donors (Lipinski definition) is 2. The highest BCUT2D eigenvalue weighted by Gasteiger charge is 2.15. The highest BCUT2D eigenvalue weighted by molar-refractivity contribution is 6.39. The lowest BCUT2D eigenvalue weighted by Gasteiger charge is -2.08. The number of fused-ring (bicyclic) bond motifs is 1. The number of rotatable bonds is 4. The van der Waals surface area contributed by atoms with Gasteiger partial charge in [0, 0.05) is 5.02 Å². The Bertz CT molecular complexity index is 1140. The van der Waals surface area contributed by atoms with Crippen molar-refractivity contribution in [1.29, 1.82) is 0 Å². The van der Waals surface area contributed by atoms with Crippen LogP contribution in [0, 0.1) is 0 Å². The fourth-order valence-electron chi connectivity index (χ4n) is 2.35. The molecule has 0 aliphatic rings. The van der Waals surface area contributed by atoms with Crippen LogP contribution >= 0.6 is 11.6 Å². The van der Waals surface area contributed by atoms with Gasteiger partial charge in [-0.2, -0.15) is 5.10 Å². The van der Waals surface area contributed by atoms with Crippen molar-refractivity contribution >= 4 is 46.3 Å². The van der Waals surface area contributed by atoms with Gasteiger partial charge in [0.05, 0.1) is 30.0 Å². The molecule has 2 amide bonds. The number of halogens is 1. The zero-order valence-electron chi connectivity index (χ0n) is 14.6. The quantitative estimate of drug-likeness (QED) is 0.398. The van der Waals surface area contributed by atoms with Crippen molar-refractivity contribution in [2.24, 2.45) is 5.10 Å². The second kappa shape index (κ2) is 8.36. The molecule has 2 N–H and O–H groups in total. The topological polar surface area (TPSA) is 110 Å². The molecule has 142 valence electrons. The Labute approximate surface area is 163 Å². The molecule has 0 fully saturated rings. The highest BCUT2D eigenvalue weighted by atomic mass is 35.5. The van der Waals surface area contributed by atoms with E-state index >= 15 is 0 Å². The third kappa shape index (κ3) is 4.18. The van der Waals surface area contributed by atoms with Gasteiger partial charge in [0.2, 0.25) is 5.43 Å². The van der Waals surface area contributed by atoms with Gasteiger partial charge in [-0.3, -0.25) is 14.4 Å². The van der Waals surface area contributed by atoms with Crippen molar-refractivity contribution in [2.75, 3.05) is 12.4 Å². The molecule has 9 heteroatoms. The first-order chi connectivity index (χ1) is 13.5. The molecule has 3 rings (SSSR count). The molecule has 0 aliphatic heterocycles. The number of nitrogens with one attached hydrogen (secondary N) is 2.